The topological polar surface area (TPSA) is 66.7 Å². The highest BCUT2D eigenvalue weighted by atomic mass is 32.2. The summed E-state index contributed by atoms with van der Waals surface area (Å²) in [4.78, 5) is 14.1. The lowest BCUT2D eigenvalue weighted by atomic mass is 10.1. The van der Waals surface area contributed by atoms with E-state index in [0.29, 0.717) is 15.0 Å². The van der Waals surface area contributed by atoms with E-state index in [-0.39, 0.29) is 5.78 Å². The molecule has 0 aromatic carbocycles. The van der Waals surface area contributed by atoms with Crippen LogP contribution in [0.5, 0.6) is 0 Å². The van der Waals surface area contributed by atoms with Gasteiger partial charge in [-0.2, -0.15) is 0 Å². The van der Waals surface area contributed by atoms with Crippen molar-refractivity contribution in [3.8, 4) is 0 Å². The summed E-state index contributed by atoms with van der Waals surface area (Å²) in [5.74, 6) is -0.587. The molecule has 1 fully saturated rings. The predicted octanol–water partition coefficient (Wildman–Crippen LogP) is 3.58. The third kappa shape index (κ3) is 2.48. The molecule has 0 bridgehead atoms. The molecule has 1 N–H and O–H groups in total. The molecule has 0 radical (unpaired) electrons. The average molecular weight is 321 g/mol. The van der Waals surface area contributed by atoms with E-state index in [2.05, 4.69) is 10.2 Å². The number of hydrogen-bond acceptors (Lipinski definition) is 7. The molecule has 0 amide bonds. The molecule has 3 heterocycles. The van der Waals surface area contributed by atoms with Gasteiger partial charge < -0.3 is 0 Å². The van der Waals surface area contributed by atoms with Gasteiger partial charge >= 0.3 is 0 Å². The summed E-state index contributed by atoms with van der Waals surface area (Å²) in [6, 6.07) is 3.91. The van der Waals surface area contributed by atoms with Crippen molar-refractivity contribution in [2.75, 3.05) is 0 Å². The number of thioether (sulfide) groups is 1. The van der Waals surface area contributed by atoms with E-state index in [1.54, 1.807) is 11.3 Å². The van der Waals surface area contributed by atoms with Crippen molar-refractivity contribution in [2.45, 2.75) is 19.3 Å². The minimum absolute atomic E-state index is 0.0350. The van der Waals surface area contributed by atoms with Crippen LogP contribution in [0, 0.1) is 5.41 Å². The molecule has 0 spiro atoms. The second-order valence-electron chi connectivity index (χ2n) is 4.18. The lowest BCUT2D eigenvalue weighted by molar-refractivity contribution is -0.114. The third-order valence-corrected chi connectivity index (χ3v) is 5.78. The number of carbonyl (C=O) groups is 1. The van der Waals surface area contributed by atoms with Crippen molar-refractivity contribution in [3.63, 3.8) is 0 Å². The molecule has 20 heavy (non-hydrogen) atoms. The molecule has 102 valence electrons. The lowest BCUT2D eigenvalue weighted by Crippen LogP contribution is -2.11. The lowest BCUT2D eigenvalue weighted by Gasteiger charge is -2.00. The number of ketones is 1. The summed E-state index contributed by atoms with van der Waals surface area (Å²) in [7, 11) is 0. The molecule has 1 aliphatic rings. The molecule has 2 aromatic heterocycles. The fourth-order valence-electron chi connectivity index (χ4n) is 1.84. The number of aryl methyl sites for hydroxylation is 1. The van der Waals surface area contributed by atoms with Crippen LogP contribution in [0.1, 0.15) is 27.7 Å². The number of nitrogens with zero attached hydrogens (tertiary/aromatic N) is 2. The minimum Gasteiger partial charge on any atom is -0.297 e. The molecule has 0 saturated carbocycles. The first kappa shape index (κ1) is 13.7. The Labute approximate surface area is 128 Å². The maximum absolute atomic E-state index is 12.5. The van der Waals surface area contributed by atoms with Gasteiger partial charge in [-0.15, -0.1) is 32.9 Å². The van der Waals surface area contributed by atoms with E-state index in [4.69, 9.17) is 5.41 Å². The Balaban J connectivity index is 1.91. The first-order valence-electron chi connectivity index (χ1n) is 6.07. The predicted molar refractivity (Wildman–Crippen MR) is 84.6 cm³/mol. The highest BCUT2D eigenvalue weighted by molar-refractivity contribution is 8.19. The summed E-state index contributed by atoms with van der Waals surface area (Å²) in [5, 5.41) is 20.0. The molecule has 3 rings (SSSR count). The molecule has 2 aromatic rings. The first-order valence-corrected chi connectivity index (χ1v) is 8.58. The van der Waals surface area contributed by atoms with Crippen molar-refractivity contribution in [1.82, 2.24) is 10.2 Å². The Bertz CT molecular complexity index is 688. The third-order valence-electron chi connectivity index (χ3n) is 2.84. The van der Waals surface area contributed by atoms with Crippen LogP contribution in [0.15, 0.2) is 22.4 Å². The first-order chi connectivity index (χ1) is 9.69. The van der Waals surface area contributed by atoms with Gasteiger partial charge in [0.05, 0.1) is 9.95 Å². The van der Waals surface area contributed by atoms with Crippen LogP contribution in [0.2, 0.25) is 0 Å². The Morgan fingerprint density at radius 1 is 1.45 bits per heavy atom. The maximum atomic E-state index is 12.5. The smallest absolute Gasteiger partial charge is 0.186 e. The number of rotatable bonds is 3. The van der Waals surface area contributed by atoms with Crippen LogP contribution in [0.25, 0.3) is 6.08 Å². The molecule has 0 unspecified atom stereocenters. The SMILES string of the molecule is CCc1nnc([C@@H]2C(=N)S/C(=C\c3cccs3)C2=O)s1. The average Bonchev–Trinajstić information content (AvgIpc) is 3.13. The van der Waals surface area contributed by atoms with E-state index < -0.39 is 5.92 Å². The molecule has 4 nitrogen and oxygen atoms in total. The molecular formula is C13H11N3OS3. The zero-order chi connectivity index (χ0) is 14.1. The van der Waals surface area contributed by atoms with Gasteiger partial charge in [-0.25, -0.2) is 0 Å². The van der Waals surface area contributed by atoms with Crippen LogP contribution in [-0.2, 0) is 11.2 Å². The van der Waals surface area contributed by atoms with Gasteiger partial charge in [0, 0.05) is 4.88 Å². The van der Waals surface area contributed by atoms with E-state index in [9.17, 15) is 4.79 Å². The van der Waals surface area contributed by atoms with Crippen molar-refractivity contribution < 1.29 is 4.79 Å². The normalized spacial score (nSPS) is 21.1. The number of hydrogen-bond donors (Lipinski definition) is 1. The van der Waals surface area contributed by atoms with E-state index >= 15 is 0 Å². The molecule has 1 aliphatic heterocycles. The monoisotopic (exact) mass is 321 g/mol. The second kappa shape index (κ2) is 5.59. The van der Waals surface area contributed by atoms with Gasteiger partial charge in [0.25, 0.3) is 0 Å². The Hall–Kier alpha value is -1.31. The summed E-state index contributed by atoms with van der Waals surface area (Å²) < 4.78 is 0. The molecule has 7 heteroatoms. The van der Waals surface area contributed by atoms with E-state index in [1.807, 2.05) is 30.5 Å². The number of aromatic nitrogens is 2. The maximum Gasteiger partial charge on any atom is 0.186 e. The van der Waals surface area contributed by atoms with Crippen LogP contribution in [0.3, 0.4) is 0 Å². The van der Waals surface area contributed by atoms with E-state index in [1.165, 1.54) is 23.1 Å². The van der Waals surface area contributed by atoms with Crippen LogP contribution < -0.4 is 0 Å². The summed E-state index contributed by atoms with van der Waals surface area (Å²) in [5.41, 5.74) is 0. The fraction of sp³-hybridized carbons (Fsp3) is 0.231. The molecule has 1 saturated heterocycles. The van der Waals surface area contributed by atoms with Crippen LogP contribution in [0.4, 0.5) is 0 Å². The Morgan fingerprint density at radius 3 is 2.95 bits per heavy atom. The Morgan fingerprint density at radius 2 is 2.30 bits per heavy atom. The van der Waals surface area contributed by atoms with Gasteiger partial charge in [0.2, 0.25) is 0 Å². The number of nitrogens with one attached hydrogen (secondary N) is 1. The fourth-order valence-corrected chi connectivity index (χ4v) is 4.52. The highest BCUT2D eigenvalue weighted by Crippen LogP contribution is 2.41. The molecular weight excluding hydrogens is 310 g/mol. The number of allylic oxidation sites excluding steroid dienone is 1. The molecule has 1 atom stereocenters. The number of carbonyl (C=O) groups excluding carboxylic acids is 1. The molecule has 0 aliphatic carbocycles. The van der Waals surface area contributed by atoms with Gasteiger partial charge in [-0.3, -0.25) is 10.2 Å². The van der Waals surface area contributed by atoms with Gasteiger partial charge in [0.15, 0.2) is 5.78 Å². The minimum atomic E-state index is -0.552. The quantitative estimate of drug-likeness (QED) is 0.878. The van der Waals surface area contributed by atoms with Gasteiger partial charge in [0.1, 0.15) is 15.9 Å². The summed E-state index contributed by atoms with van der Waals surface area (Å²) in [6.07, 6.45) is 2.66. The largest absolute Gasteiger partial charge is 0.297 e. The van der Waals surface area contributed by atoms with Gasteiger partial charge in [-0.1, -0.05) is 24.8 Å². The second-order valence-corrected chi connectivity index (χ2v) is 7.33. The highest BCUT2D eigenvalue weighted by Gasteiger charge is 2.39. The number of thiophene rings is 1. The summed E-state index contributed by atoms with van der Waals surface area (Å²) >= 11 is 4.24. The zero-order valence-electron chi connectivity index (χ0n) is 10.6. The van der Waals surface area contributed by atoms with E-state index in [0.717, 1.165) is 16.3 Å². The van der Waals surface area contributed by atoms with Crippen molar-refractivity contribution in [1.29, 1.82) is 5.41 Å². The van der Waals surface area contributed by atoms with Crippen molar-refractivity contribution >= 4 is 51.3 Å². The van der Waals surface area contributed by atoms with Gasteiger partial charge in [-0.05, 0) is 23.9 Å². The van der Waals surface area contributed by atoms with Crippen LogP contribution in [-0.4, -0.2) is 21.0 Å². The van der Waals surface area contributed by atoms with Crippen molar-refractivity contribution in [2.24, 2.45) is 0 Å². The van der Waals surface area contributed by atoms with Crippen LogP contribution >= 0.6 is 34.4 Å². The number of Topliss-reactive ketones (excluding diaryl/α,β-unsaturated/α-hetero) is 1. The Kier molecular flexibility index (Phi) is 3.82. The standard InChI is InChI=1S/C13H11N3OS3/c1-2-9-15-16-13(20-9)10-11(17)8(19-12(10)14)6-7-4-3-5-18-7/h3-6,10,14H,2H2,1H3/b8-6-,14-12?/t10-/m0/s1. The zero-order valence-corrected chi connectivity index (χ0v) is 13.1. The van der Waals surface area contributed by atoms with Crippen molar-refractivity contribution in [3.05, 3.63) is 37.3 Å². The summed E-state index contributed by atoms with van der Waals surface area (Å²) in [6.45, 7) is 2.00.